The molecule has 1 saturated carbocycles. The molecule has 16 heavy (non-hydrogen) atoms. The topological polar surface area (TPSA) is 64.9 Å². The lowest BCUT2D eigenvalue weighted by molar-refractivity contribution is 0.308. The first-order valence-electron chi connectivity index (χ1n) is 6.07. The van der Waals surface area contributed by atoms with Gasteiger partial charge in [-0.3, -0.25) is 0 Å². The van der Waals surface area contributed by atoms with Gasteiger partial charge in [-0.1, -0.05) is 12.1 Å². The maximum Gasteiger partial charge on any atom is 0.233 e. The number of hydrogen-bond acceptors (Lipinski definition) is 4. The van der Waals surface area contributed by atoms with E-state index in [0.29, 0.717) is 18.4 Å². The minimum absolute atomic E-state index is 0.213. The van der Waals surface area contributed by atoms with Crippen molar-refractivity contribution < 1.29 is 4.52 Å². The average Bonchev–Trinajstić information content (AvgIpc) is 2.85. The minimum Gasteiger partial charge on any atom is -0.339 e. The molecule has 1 aromatic rings. The Morgan fingerprint density at radius 3 is 2.75 bits per heavy atom. The molecule has 0 radical (unpaired) electrons. The summed E-state index contributed by atoms with van der Waals surface area (Å²) < 4.78 is 5.33. The van der Waals surface area contributed by atoms with Gasteiger partial charge in [0.2, 0.25) is 5.89 Å². The fourth-order valence-electron chi connectivity index (χ4n) is 2.20. The zero-order valence-electron chi connectivity index (χ0n) is 10.4. The lowest BCUT2D eigenvalue weighted by Gasteiger charge is -2.15. The zero-order chi connectivity index (χ0) is 11.8. The summed E-state index contributed by atoms with van der Waals surface area (Å²) >= 11 is 0. The van der Waals surface area contributed by atoms with Crippen LogP contribution in [0.5, 0.6) is 0 Å². The first-order valence-corrected chi connectivity index (χ1v) is 6.07. The summed E-state index contributed by atoms with van der Waals surface area (Å²) in [6, 6.07) is 0. The summed E-state index contributed by atoms with van der Waals surface area (Å²) in [5.74, 6) is 2.82. The van der Waals surface area contributed by atoms with Gasteiger partial charge in [-0.15, -0.1) is 0 Å². The van der Waals surface area contributed by atoms with Gasteiger partial charge >= 0.3 is 0 Å². The lowest BCUT2D eigenvalue weighted by atomic mass is 9.94. The molecule has 1 heterocycles. The van der Waals surface area contributed by atoms with Crippen molar-refractivity contribution in [2.24, 2.45) is 11.7 Å². The van der Waals surface area contributed by atoms with Crippen molar-refractivity contribution in [2.75, 3.05) is 6.54 Å². The third-order valence-electron chi connectivity index (χ3n) is 3.59. The summed E-state index contributed by atoms with van der Waals surface area (Å²) in [5, 5.41) is 4.11. The van der Waals surface area contributed by atoms with Gasteiger partial charge in [0.1, 0.15) is 0 Å². The molecule has 1 fully saturated rings. The quantitative estimate of drug-likeness (QED) is 0.853. The van der Waals surface area contributed by atoms with Crippen molar-refractivity contribution in [1.82, 2.24) is 10.1 Å². The highest BCUT2D eigenvalue weighted by atomic mass is 16.5. The van der Waals surface area contributed by atoms with Gasteiger partial charge in [0, 0.05) is 12.5 Å². The van der Waals surface area contributed by atoms with Gasteiger partial charge in [0.25, 0.3) is 0 Å². The fourth-order valence-corrected chi connectivity index (χ4v) is 2.20. The summed E-state index contributed by atoms with van der Waals surface area (Å²) in [6.45, 7) is 6.86. The van der Waals surface area contributed by atoms with E-state index in [9.17, 15) is 0 Å². The van der Waals surface area contributed by atoms with E-state index in [1.807, 2.05) is 13.8 Å². The molecular weight excluding hydrogens is 202 g/mol. The molecule has 2 atom stereocenters. The van der Waals surface area contributed by atoms with Gasteiger partial charge in [-0.25, -0.2) is 0 Å². The highest BCUT2D eigenvalue weighted by molar-refractivity contribution is 5.05. The highest BCUT2D eigenvalue weighted by Crippen LogP contribution is 2.37. The van der Waals surface area contributed by atoms with Crippen LogP contribution in [0.1, 0.15) is 57.7 Å². The van der Waals surface area contributed by atoms with Gasteiger partial charge in [0.05, 0.1) is 5.41 Å². The van der Waals surface area contributed by atoms with Crippen LogP contribution in [0.3, 0.4) is 0 Å². The number of aromatic nitrogens is 2. The first kappa shape index (κ1) is 11.6. The van der Waals surface area contributed by atoms with E-state index in [0.717, 1.165) is 11.7 Å². The normalized spacial score (nSPS) is 26.2. The Kier molecular flexibility index (Phi) is 3.02. The van der Waals surface area contributed by atoms with Crippen molar-refractivity contribution >= 4 is 0 Å². The SMILES string of the molecule is CC1CCC(c2noc(C(C)(C)CN)n2)C1. The molecule has 2 rings (SSSR count). The number of nitrogens with two attached hydrogens (primary N) is 1. The van der Waals surface area contributed by atoms with E-state index in [1.165, 1.54) is 19.3 Å². The molecule has 0 saturated heterocycles. The second-order valence-electron chi connectivity index (χ2n) is 5.66. The summed E-state index contributed by atoms with van der Waals surface area (Å²) in [7, 11) is 0. The molecule has 0 aromatic carbocycles. The molecule has 4 nitrogen and oxygen atoms in total. The molecule has 2 unspecified atom stereocenters. The molecule has 1 aromatic heterocycles. The average molecular weight is 223 g/mol. The minimum atomic E-state index is -0.213. The zero-order valence-corrected chi connectivity index (χ0v) is 10.4. The molecule has 0 aliphatic heterocycles. The Labute approximate surface area is 96.6 Å². The smallest absolute Gasteiger partial charge is 0.233 e. The third-order valence-corrected chi connectivity index (χ3v) is 3.59. The molecule has 90 valence electrons. The van der Waals surface area contributed by atoms with Crippen LogP contribution < -0.4 is 5.73 Å². The van der Waals surface area contributed by atoms with Crippen molar-refractivity contribution in [3.05, 3.63) is 11.7 Å². The molecule has 0 bridgehead atoms. The van der Waals surface area contributed by atoms with Gasteiger partial charge in [0.15, 0.2) is 5.82 Å². The van der Waals surface area contributed by atoms with Crippen molar-refractivity contribution in [2.45, 2.75) is 51.4 Å². The van der Waals surface area contributed by atoms with E-state index in [1.54, 1.807) is 0 Å². The molecule has 1 aliphatic carbocycles. The number of nitrogens with zero attached hydrogens (tertiary/aromatic N) is 2. The van der Waals surface area contributed by atoms with Crippen LogP contribution in [0.2, 0.25) is 0 Å². The standard InChI is InChI=1S/C12H21N3O/c1-8-4-5-9(6-8)10-14-11(16-15-10)12(2,3)7-13/h8-9H,4-7,13H2,1-3H3. The van der Waals surface area contributed by atoms with Gasteiger partial charge in [-0.2, -0.15) is 4.98 Å². The van der Waals surface area contributed by atoms with Crippen molar-refractivity contribution in [3.8, 4) is 0 Å². The Hall–Kier alpha value is -0.900. The molecule has 4 heteroatoms. The van der Waals surface area contributed by atoms with Crippen LogP contribution in [-0.2, 0) is 5.41 Å². The van der Waals surface area contributed by atoms with E-state index in [4.69, 9.17) is 10.3 Å². The maximum absolute atomic E-state index is 5.70. The Bertz CT molecular complexity index is 359. The lowest BCUT2D eigenvalue weighted by Crippen LogP contribution is -2.28. The Balaban J connectivity index is 2.14. The molecule has 2 N–H and O–H groups in total. The van der Waals surface area contributed by atoms with Crippen LogP contribution in [0.25, 0.3) is 0 Å². The number of hydrogen-bond donors (Lipinski definition) is 1. The van der Waals surface area contributed by atoms with Crippen molar-refractivity contribution in [1.29, 1.82) is 0 Å². The van der Waals surface area contributed by atoms with E-state index in [2.05, 4.69) is 17.1 Å². The molecule has 1 aliphatic rings. The van der Waals surface area contributed by atoms with Crippen molar-refractivity contribution in [3.63, 3.8) is 0 Å². The molecule has 0 spiro atoms. The maximum atomic E-state index is 5.70. The van der Waals surface area contributed by atoms with Gasteiger partial charge in [-0.05, 0) is 39.0 Å². The number of rotatable bonds is 3. The molecule has 0 amide bonds. The second-order valence-corrected chi connectivity index (χ2v) is 5.66. The second kappa shape index (κ2) is 4.17. The van der Waals surface area contributed by atoms with Crippen LogP contribution >= 0.6 is 0 Å². The molecular formula is C12H21N3O. The third kappa shape index (κ3) is 2.12. The first-order chi connectivity index (χ1) is 7.53. The fraction of sp³-hybridized carbons (Fsp3) is 0.833. The van der Waals surface area contributed by atoms with Crippen LogP contribution in [0, 0.1) is 5.92 Å². The van der Waals surface area contributed by atoms with E-state index >= 15 is 0 Å². The van der Waals surface area contributed by atoms with Crippen LogP contribution in [0.4, 0.5) is 0 Å². The van der Waals surface area contributed by atoms with E-state index in [-0.39, 0.29) is 5.41 Å². The Morgan fingerprint density at radius 2 is 2.19 bits per heavy atom. The summed E-state index contributed by atoms with van der Waals surface area (Å²) in [4.78, 5) is 4.51. The Morgan fingerprint density at radius 1 is 1.44 bits per heavy atom. The predicted octanol–water partition coefficient (Wildman–Crippen LogP) is 2.21. The summed E-state index contributed by atoms with van der Waals surface area (Å²) in [5.41, 5.74) is 5.48. The largest absolute Gasteiger partial charge is 0.339 e. The van der Waals surface area contributed by atoms with Crippen LogP contribution in [0.15, 0.2) is 4.52 Å². The van der Waals surface area contributed by atoms with E-state index < -0.39 is 0 Å². The van der Waals surface area contributed by atoms with Gasteiger partial charge < -0.3 is 10.3 Å². The summed E-state index contributed by atoms with van der Waals surface area (Å²) in [6.07, 6.45) is 3.64. The predicted molar refractivity (Wildman–Crippen MR) is 62.1 cm³/mol. The highest BCUT2D eigenvalue weighted by Gasteiger charge is 2.30. The van der Waals surface area contributed by atoms with Crippen LogP contribution in [-0.4, -0.2) is 16.7 Å². The monoisotopic (exact) mass is 223 g/mol.